The number of rotatable bonds is 6. The van der Waals surface area contributed by atoms with Crippen LogP contribution in [0.3, 0.4) is 0 Å². The highest BCUT2D eigenvalue weighted by molar-refractivity contribution is 8.02. The van der Waals surface area contributed by atoms with Gasteiger partial charge in [0.1, 0.15) is 0 Å². The average molecular weight is 396 g/mol. The third-order valence-electron chi connectivity index (χ3n) is 3.62. The number of carbonyl (C=O) groups excluding carboxylic acids is 1. The molecule has 27 heavy (non-hydrogen) atoms. The zero-order valence-corrected chi connectivity index (χ0v) is 16.4. The van der Waals surface area contributed by atoms with Gasteiger partial charge in [-0.1, -0.05) is 46.9 Å². The van der Waals surface area contributed by atoms with Crippen molar-refractivity contribution in [2.45, 2.75) is 23.4 Å². The summed E-state index contributed by atoms with van der Waals surface area (Å²) in [5.74, 6) is -0.154. The van der Waals surface area contributed by atoms with E-state index in [0.29, 0.717) is 20.7 Å². The molecule has 1 amide bonds. The van der Waals surface area contributed by atoms with Gasteiger partial charge in [-0.05, 0) is 44.2 Å². The molecule has 1 atom stereocenters. The Morgan fingerprint density at radius 1 is 1.19 bits per heavy atom. The third kappa shape index (κ3) is 5.29. The third-order valence-corrected chi connectivity index (χ3v) is 5.64. The summed E-state index contributed by atoms with van der Waals surface area (Å²) in [5.41, 5.74) is 3.24. The molecule has 0 aliphatic heterocycles. The monoisotopic (exact) mass is 395 g/mol. The predicted octanol–water partition coefficient (Wildman–Crippen LogP) is 4.58. The van der Waals surface area contributed by atoms with Gasteiger partial charge in [0.2, 0.25) is 11.0 Å². The van der Waals surface area contributed by atoms with E-state index in [-0.39, 0.29) is 11.2 Å². The van der Waals surface area contributed by atoms with E-state index in [0.717, 1.165) is 5.69 Å². The minimum absolute atomic E-state index is 0.154. The van der Waals surface area contributed by atoms with Crippen molar-refractivity contribution in [2.24, 2.45) is 0 Å². The van der Waals surface area contributed by atoms with E-state index < -0.39 is 0 Å². The van der Waals surface area contributed by atoms with Crippen molar-refractivity contribution < 1.29 is 4.79 Å². The molecule has 3 rings (SSSR count). The standard InChI is InChI=1S/C19H17N5OS2/c1-12-6-8-15(9-7-12)22-18-23-24-19(27-18)26-13(2)17(25)21-16-5-3-4-14(10-16)11-20/h3-10,13H,1-2H3,(H,21,25)(H,22,23)/t13-/m0/s1. The van der Waals surface area contributed by atoms with Crippen molar-refractivity contribution >= 4 is 45.5 Å². The number of thioether (sulfide) groups is 1. The lowest BCUT2D eigenvalue weighted by Crippen LogP contribution is -2.22. The van der Waals surface area contributed by atoms with Crippen LogP contribution in [0.1, 0.15) is 18.1 Å². The second-order valence-corrected chi connectivity index (χ2v) is 8.37. The Kier molecular flexibility index (Phi) is 6.06. The zero-order chi connectivity index (χ0) is 19.2. The summed E-state index contributed by atoms with van der Waals surface area (Å²) in [4.78, 5) is 12.4. The molecule has 0 aliphatic rings. The summed E-state index contributed by atoms with van der Waals surface area (Å²) in [6.07, 6.45) is 0. The maximum Gasteiger partial charge on any atom is 0.237 e. The van der Waals surface area contributed by atoms with Crippen molar-refractivity contribution in [3.05, 3.63) is 59.7 Å². The first kappa shape index (κ1) is 18.9. The van der Waals surface area contributed by atoms with E-state index in [1.54, 1.807) is 24.3 Å². The molecule has 0 bridgehead atoms. The first-order valence-electron chi connectivity index (χ1n) is 8.18. The van der Waals surface area contributed by atoms with Gasteiger partial charge in [-0.2, -0.15) is 5.26 Å². The summed E-state index contributed by atoms with van der Waals surface area (Å²) < 4.78 is 0.707. The van der Waals surface area contributed by atoms with E-state index in [1.807, 2.05) is 38.1 Å². The van der Waals surface area contributed by atoms with Gasteiger partial charge < -0.3 is 10.6 Å². The molecule has 0 aliphatic carbocycles. The van der Waals surface area contributed by atoms with Gasteiger partial charge in [-0.3, -0.25) is 4.79 Å². The van der Waals surface area contributed by atoms with Crippen molar-refractivity contribution in [2.75, 3.05) is 10.6 Å². The highest BCUT2D eigenvalue weighted by atomic mass is 32.2. The Hall–Kier alpha value is -2.89. The number of anilines is 3. The molecule has 0 unspecified atom stereocenters. The molecule has 1 aromatic heterocycles. The maximum absolute atomic E-state index is 12.4. The number of amides is 1. The van der Waals surface area contributed by atoms with Crippen LogP contribution >= 0.6 is 23.1 Å². The maximum atomic E-state index is 12.4. The number of nitrogens with one attached hydrogen (secondary N) is 2. The molecule has 136 valence electrons. The van der Waals surface area contributed by atoms with E-state index in [4.69, 9.17) is 5.26 Å². The smallest absolute Gasteiger partial charge is 0.237 e. The largest absolute Gasteiger partial charge is 0.330 e. The fraction of sp³-hybridized carbons (Fsp3) is 0.158. The van der Waals surface area contributed by atoms with Crippen molar-refractivity contribution in [1.29, 1.82) is 5.26 Å². The van der Waals surface area contributed by atoms with Gasteiger partial charge in [0.25, 0.3) is 0 Å². The number of nitrogens with zero attached hydrogens (tertiary/aromatic N) is 3. The molecular weight excluding hydrogens is 378 g/mol. The van der Waals surface area contributed by atoms with Crippen LogP contribution in [0.5, 0.6) is 0 Å². The Balaban J connectivity index is 1.58. The molecule has 0 saturated heterocycles. The lowest BCUT2D eigenvalue weighted by Gasteiger charge is -2.10. The van der Waals surface area contributed by atoms with Crippen LogP contribution in [-0.4, -0.2) is 21.4 Å². The Morgan fingerprint density at radius 2 is 1.96 bits per heavy atom. The minimum Gasteiger partial charge on any atom is -0.330 e. The van der Waals surface area contributed by atoms with E-state index in [9.17, 15) is 4.79 Å². The van der Waals surface area contributed by atoms with Gasteiger partial charge in [-0.25, -0.2) is 0 Å². The zero-order valence-electron chi connectivity index (χ0n) is 14.8. The molecule has 3 aromatic rings. The Bertz CT molecular complexity index is 978. The molecule has 0 saturated carbocycles. The van der Waals surface area contributed by atoms with Crippen LogP contribution in [0.2, 0.25) is 0 Å². The number of aromatic nitrogens is 2. The van der Waals surface area contributed by atoms with Gasteiger partial charge in [0, 0.05) is 11.4 Å². The topological polar surface area (TPSA) is 90.7 Å². The van der Waals surface area contributed by atoms with Crippen LogP contribution in [0.4, 0.5) is 16.5 Å². The first-order valence-corrected chi connectivity index (χ1v) is 9.88. The van der Waals surface area contributed by atoms with Crippen LogP contribution in [0, 0.1) is 18.3 Å². The molecular formula is C19H17N5OS2. The van der Waals surface area contributed by atoms with Gasteiger partial charge >= 0.3 is 0 Å². The molecule has 0 spiro atoms. The second kappa shape index (κ2) is 8.66. The van der Waals surface area contributed by atoms with Gasteiger partial charge in [0.15, 0.2) is 4.34 Å². The van der Waals surface area contributed by atoms with E-state index >= 15 is 0 Å². The van der Waals surface area contributed by atoms with Crippen molar-refractivity contribution in [3.63, 3.8) is 0 Å². The summed E-state index contributed by atoms with van der Waals surface area (Å²) >= 11 is 2.74. The number of carbonyl (C=O) groups is 1. The van der Waals surface area contributed by atoms with Crippen LogP contribution in [0.15, 0.2) is 52.9 Å². The second-order valence-electron chi connectivity index (χ2n) is 5.81. The lowest BCUT2D eigenvalue weighted by atomic mass is 10.2. The van der Waals surface area contributed by atoms with E-state index in [2.05, 4.69) is 26.9 Å². The number of aryl methyl sites for hydroxylation is 1. The summed E-state index contributed by atoms with van der Waals surface area (Å²) in [7, 11) is 0. The lowest BCUT2D eigenvalue weighted by molar-refractivity contribution is -0.115. The number of hydrogen-bond acceptors (Lipinski definition) is 7. The van der Waals surface area contributed by atoms with Crippen molar-refractivity contribution in [3.8, 4) is 6.07 Å². The SMILES string of the molecule is Cc1ccc(Nc2nnc(S[C@@H](C)C(=O)Nc3cccc(C#N)c3)s2)cc1. The molecule has 0 fully saturated rings. The fourth-order valence-corrected chi connectivity index (χ4v) is 4.10. The summed E-state index contributed by atoms with van der Waals surface area (Å²) in [6.45, 7) is 3.84. The normalized spacial score (nSPS) is 11.4. The van der Waals surface area contributed by atoms with Crippen molar-refractivity contribution in [1.82, 2.24) is 10.2 Å². The summed E-state index contributed by atoms with van der Waals surface area (Å²) in [5, 5.41) is 23.5. The highest BCUT2D eigenvalue weighted by Gasteiger charge is 2.17. The molecule has 8 heteroatoms. The molecule has 0 radical (unpaired) electrons. The molecule has 2 aromatic carbocycles. The molecule has 6 nitrogen and oxygen atoms in total. The highest BCUT2D eigenvalue weighted by Crippen LogP contribution is 2.31. The van der Waals surface area contributed by atoms with Gasteiger partial charge in [0.05, 0.1) is 16.9 Å². The average Bonchev–Trinajstić information content (AvgIpc) is 3.10. The number of benzene rings is 2. The van der Waals surface area contributed by atoms with Gasteiger partial charge in [-0.15, -0.1) is 10.2 Å². The van der Waals surface area contributed by atoms with Crippen LogP contribution in [0.25, 0.3) is 0 Å². The van der Waals surface area contributed by atoms with Crippen LogP contribution in [-0.2, 0) is 4.79 Å². The molecule has 1 heterocycles. The first-order chi connectivity index (χ1) is 13.0. The Labute approximate surface area is 165 Å². The number of nitriles is 1. The summed E-state index contributed by atoms with van der Waals surface area (Å²) in [6, 6.07) is 16.9. The Morgan fingerprint density at radius 3 is 2.70 bits per heavy atom. The number of hydrogen-bond donors (Lipinski definition) is 2. The fourth-order valence-electron chi connectivity index (χ4n) is 2.18. The van der Waals surface area contributed by atoms with E-state index in [1.165, 1.54) is 28.7 Å². The molecule has 2 N–H and O–H groups in total. The minimum atomic E-state index is -0.351. The quantitative estimate of drug-likeness (QED) is 0.594. The predicted molar refractivity (Wildman–Crippen MR) is 109 cm³/mol. The van der Waals surface area contributed by atoms with Crippen LogP contribution < -0.4 is 10.6 Å².